The monoisotopic (exact) mass is 266 g/mol. The van der Waals surface area contributed by atoms with Crippen molar-refractivity contribution in [1.82, 2.24) is 4.90 Å². The van der Waals surface area contributed by atoms with Gasteiger partial charge in [-0.05, 0) is 18.1 Å². The van der Waals surface area contributed by atoms with Crippen molar-refractivity contribution in [3.8, 4) is 0 Å². The van der Waals surface area contributed by atoms with Crippen LogP contribution in [0.4, 0.5) is 0 Å². The number of carbonyl (C=O) groups excluding carboxylic acids is 1. The highest BCUT2D eigenvalue weighted by molar-refractivity contribution is 8.00. The summed E-state index contributed by atoms with van der Waals surface area (Å²) in [6, 6.07) is 0.188. The quantitative estimate of drug-likeness (QED) is 0.843. The first kappa shape index (κ1) is 16.1. The number of halogens is 1. The number of likely N-dealkylation sites (tertiary alicyclic amines) is 1. The number of carbonyl (C=O) groups is 1. The first-order chi connectivity index (χ1) is 7.06. The zero-order valence-corrected chi connectivity index (χ0v) is 11.9. The predicted octanol–water partition coefficient (Wildman–Crippen LogP) is 1.75. The van der Waals surface area contributed by atoms with Crippen LogP contribution >= 0.6 is 24.2 Å². The van der Waals surface area contributed by atoms with Gasteiger partial charge in [-0.3, -0.25) is 4.79 Å². The van der Waals surface area contributed by atoms with Crippen molar-refractivity contribution in [3.63, 3.8) is 0 Å². The van der Waals surface area contributed by atoms with Gasteiger partial charge in [0.15, 0.2) is 0 Å². The van der Waals surface area contributed by atoms with Gasteiger partial charge in [-0.25, -0.2) is 0 Å². The summed E-state index contributed by atoms with van der Waals surface area (Å²) in [6.07, 6.45) is 0.952. The van der Waals surface area contributed by atoms with E-state index in [0.29, 0.717) is 5.92 Å². The van der Waals surface area contributed by atoms with E-state index in [0.717, 1.165) is 25.3 Å². The van der Waals surface area contributed by atoms with Gasteiger partial charge in [0.25, 0.3) is 0 Å². The number of hydrogen-bond donors (Lipinski definition) is 1. The van der Waals surface area contributed by atoms with Crippen LogP contribution in [0.1, 0.15) is 27.2 Å². The second-order valence-electron chi connectivity index (χ2n) is 4.45. The molecule has 0 aromatic heterocycles. The van der Waals surface area contributed by atoms with Crippen molar-refractivity contribution in [2.24, 2.45) is 11.7 Å². The van der Waals surface area contributed by atoms with Crippen molar-refractivity contribution in [1.29, 1.82) is 0 Å². The summed E-state index contributed by atoms with van der Waals surface area (Å²) in [5.41, 5.74) is 5.81. The molecular formula is C11H23ClN2OS. The molecular weight excluding hydrogens is 244 g/mol. The highest BCUT2D eigenvalue weighted by atomic mass is 35.5. The van der Waals surface area contributed by atoms with Crippen molar-refractivity contribution in [3.05, 3.63) is 0 Å². The van der Waals surface area contributed by atoms with Crippen LogP contribution in [0, 0.1) is 5.92 Å². The SMILES string of the molecule is CCSC(C(=O)N1CC[C@H](N)C1)C(C)C.Cl. The molecule has 0 spiro atoms. The van der Waals surface area contributed by atoms with Gasteiger partial charge in [-0.1, -0.05) is 20.8 Å². The summed E-state index contributed by atoms with van der Waals surface area (Å²) in [6.45, 7) is 7.91. The third-order valence-electron chi connectivity index (χ3n) is 2.73. The van der Waals surface area contributed by atoms with Crippen molar-refractivity contribution >= 4 is 30.1 Å². The lowest BCUT2D eigenvalue weighted by Crippen LogP contribution is -2.40. The first-order valence-corrected chi connectivity index (χ1v) is 6.77. The lowest BCUT2D eigenvalue weighted by molar-refractivity contribution is -0.130. The molecule has 1 rings (SSSR count). The molecule has 0 radical (unpaired) electrons. The van der Waals surface area contributed by atoms with E-state index in [9.17, 15) is 4.79 Å². The number of rotatable bonds is 4. The molecule has 0 aromatic rings. The molecule has 3 nitrogen and oxygen atoms in total. The van der Waals surface area contributed by atoms with Crippen LogP contribution in [0.15, 0.2) is 0 Å². The lowest BCUT2D eigenvalue weighted by Gasteiger charge is -2.25. The molecule has 1 aliphatic heterocycles. The number of nitrogens with zero attached hydrogens (tertiary/aromatic N) is 1. The fourth-order valence-corrected chi connectivity index (χ4v) is 2.93. The van der Waals surface area contributed by atoms with Crippen LogP contribution in [0.5, 0.6) is 0 Å². The maximum absolute atomic E-state index is 12.2. The molecule has 0 aromatic carbocycles. The maximum Gasteiger partial charge on any atom is 0.236 e. The maximum atomic E-state index is 12.2. The van der Waals surface area contributed by atoms with Gasteiger partial charge in [0.2, 0.25) is 5.91 Å². The minimum absolute atomic E-state index is 0. The number of amides is 1. The Balaban J connectivity index is 0.00000225. The molecule has 2 atom stereocenters. The molecule has 0 saturated carbocycles. The third-order valence-corrected chi connectivity index (χ3v) is 4.17. The van der Waals surface area contributed by atoms with E-state index in [2.05, 4.69) is 20.8 Å². The number of thioether (sulfide) groups is 1. The van der Waals surface area contributed by atoms with Gasteiger partial charge in [-0.2, -0.15) is 0 Å². The van der Waals surface area contributed by atoms with Crippen LogP contribution in [-0.2, 0) is 4.79 Å². The Morgan fingerprint density at radius 3 is 2.56 bits per heavy atom. The first-order valence-electron chi connectivity index (χ1n) is 5.72. The summed E-state index contributed by atoms with van der Waals surface area (Å²) >= 11 is 1.75. The number of hydrogen-bond acceptors (Lipinski definition) is 3. The van der Waals surface area contributed by atoms with E-state index in [1.54, 1.807) is 11.8 Å². The average Bonchev–Trinajstić information content (AvgIpc) is 2.59. The van der Waals surface area contributed by atoms with Crippen molar-refractivity contribution in [2.75, 3.05) is 18.8 Å². The van der Waals surface area contributed by atoms with Gasteiger partial charge < -0.3 is 10.6 Å². The second kappa shape index (κ2) is 7.41. The zero-order chi connectivity index (χ0) is 11.4. The Morgan fingerprint density at radius 2 is 2.19 bits per heavy atom. The van der Waals surface area contributed by atoms with E-state index in [1.807, 2.05) is 4.90 Å². The third kappa shape index (κ3) is 4.15. The molecule has 0 aliphatic carbocycles. The Kier molecular flexibility index (Phi) is 7.44. The molecule has 16 heavy (non-hydrogen) atoms. The molecule has 1 heterocycles. The molecule has 96 valence electrons. The van der Waals surface area contributed by atoms with Crippen LogP contribution in [0.2, 0.25) is 0 Å². The smallest absolute Gasteiger partial charge is 0.236 e. The fourth-order valence-electron chi connectivity index (χ4n) is 1.90. The van der Waals surface area contributed by atoms with Crippen LogP contribution in [-0.4, -0.2) is 40.9 Å². The topological polar surface area (TPSA) is 46.3 Å². The Morgan fingerprint density at radius 1 is 1.56 bits per heavy atom. The molecule has 2 N–H and O–H groups in total. The Labute approximate surface area is 109 Å². The molecule has 1 fully saturated rings. The van der Waals surface area contributed by atoms with Gasteiger partial charge >= 0.3 is 0 Å². The van der Waals surface area contributed by atoms with E-state index in [4.69, 9.17) is 5.73 Å². The average molecular weight is 267 g/mol. The zero-order valence-electron chi connectivity index (χ0n) is 10.3. The number of nitrogens with two attached hydrogens (primary N) is 1. The van der Waals surface area contributed by atoms with E-state index in [-0.39, 0.29) is 29.6 Å². The Bertz CT molecular complexity index is 226. The molecule has 1 amide bonds. The molecule has 1 unspecified atom stereocenters. The van der Waals surface area contributed by atoms with E-state index < -0.39 is 0 Å². The minimum Gasteiger partial charge on any atom is -0.340 e. The van der Waals surface area contributed by atoms with Gasteiger partial charge in [-0.15, -0.1) is 24.2 Å². The summed E-state index contributed by atoms with van der Waals surface area (Å²) in [4.78, 5) is 14.1. The van der Waals surface area contributed by atoms with Gasteiger partial charge in [0, 0.05) is 19.1 Å². The lowest BCUT2D eigenvalue weighted by atomic mass is 10.1. The summed E-state index contributed by atoms with van der Waals surface area (Å²) in [7, 11) is 0. The highest BCUT2D eigenvalue weighted by Gasteiger charge is 2.30. The molecule has 0 bridgehead atoms. The Hall–Kier alpha value is 0.0700. The van der Waals surface area contributed by atoms with E-state index in [1.165, 1.54) is 0 Å². The summed E-state index contributed by atoms with van der Waals surface area (Å²) < 4.78 is 0. The van der Waals surface area contributed by atoms with Gasteiger partial charge in [0.05, 0.1) is 5.25 Å². The van der Waals surface area contributed by atoms with E-state index >= 15 is 0 Å². The second-order valence-corrected chi connectivity index (χ2v) is 5.87. The largest absolute Gasteiger partial charge is 0.340 e. The van der Waals surface area contributed by atoms with Crippen LogP contribution < -0.4 is 5.73 Å². The van der Waals surface area contributed by atoms with Crippen molar-refractivity contribution in [2.45, 2.75) is 38.5 Å². The standard InChI is InChI=1S/C11H22N2OS.ClH/c1-4-15-10(8(2)3)11(14)13-6-5-9(12)7-13;/h8-10H,4-7,12H2,1-3H3;1H/t9-,10?;/m0./s1. The van der Waals surface area contributed by atoms with Gasteiger partial charge in [0.1, 0.15) is 0 Å². The highest BCUT2D eigenvalue weighted by Crippen LogP contribution is 2.23. The summed E-state index contributed by atoms with van der Waals surface area (Å²) in [5.74, 6) is 1.68. The van der Waals surface area contributed by atoms with Crippen LogP contribution in [0.25, 0.3) is 0 Å². The molecule has 1 aliphatic rings. The van der Waals surface area contributed by atoms with Crippen molar-refractivity contribution < 1.29 is 4.79 Å². The molecule has 5 heteroatoms. The summed E-state index contributed by atoms with van der Waals surface area (Å²) in [5, 5.41) is 0.111. The normalized spacial score (nSPS) is 22.1. The molecule has 1 saturated heterocycles. The minimum atomic E-state index is 0. The fraction of sp³-hybridized carbons (Fsp3) is 0.909. The van der Waals surface area contributed by atoms with Crippen LogP contribution in [0.3, 0.4) is 0 Å². The predicted molar refractivity (Wildman–Crippen MR) is 73.2 cm³/mol.